The number of hydrogen-bond donors (Lipinski definition) is 1. The molecule has 6 heteroatoms. The van der Waals surface area contributed by atoms with E-state index in [0.29, 0.717) is 0 Å². The van der Waals surface area contributed by atoms with Crippen molar-refractivity contribution in [2.45, 2.75) is 6.92 Å². The van der Waals surface area contributed by atoms with E-state index in [0.717, 1.165) is 6.92 Å². The Balaban J connectivity index is 0. The third-order valence-corrected chi connectivity index (χ3v) is 0. The Morgan fingerprint density at radius 3 is 1.50 bits per heavy atom. The summed E-state index contributed by atoms with van der Waals surface area (Å²) in [7, 11) is 0. The maximum atomic E-state index is 9.00. The Morgan fingerprint density at radius 1 is 1.50 bits per heavy atom. The van der Waals surface area contributed by atoms with Crippen molar-refractivity contribution in [1.82, 2.24) is 0 Å². The van der Waals surface area contributed by atoms with Gasteiger partial charge in [-0.3, -0.25) is 4.79 Å². The van der Waals surface area contributed by atoms with Crippen LogP contribution in [0.25, 0.3) is 0 Å². The van der Waals surface area contributed by atoms with Crippen LogP contribution in [0.4, 0.5) is 0 Å². The Bertz CT molecular complexity index is 59.5. The molecule has 0 aliphatic heterocycles. The molecular formula is C2H4Cl3LaO2. The van der Waals surface area contributed by atoms with Crippen molar-refractivity contribution in [1.29, 1.82) is 0 Å². The summed E-state index contributed by atoms with van der Waals surface area (Å²) in [6, 6.07) is 0. The molecule has 0 saturated carbocycles. The topological polar surface area (TPSA) is 37.3 Å². The third kappa shape index (κ3) is 137. The molecule has 0 saturated heterocycles. The molecule has 0 bridgehead atoms. The summed E-state index contributed by atoms with van der Waals surface area (Å²) in [5, 5.41) is 7.42. The molecule has 0 aromatic heterocycles. The first-order valence-corrected chi connectivity index (χ1v) is 15.2. The molecule has 0 atom stereocenters. The zero-order valence-corrected chi connectivity index (χ0v) is 9.96. The number of aliphatic carboxylic acids is 1. The average molecular weight is 305 g/mol. The zero-order chi connectivity index (χ0) is 7.15. The van der Waals surface area contributed by atoms with Gasteiger partial charge in [-0.2, -0.15) is 0 Å². The molecule has 0 radical (unpaired) electrons. The van der Waals surface area contributed by atoms with E-state index in [4.69, 9.17) is 30.3 Å². The standard InChI is InChI=1S/C2H4O2.3ClH.La/c1-2(3)4;;;;/h1H3,(H,3,4);3*1H;/q;;;;+3/p-3. The Labute approximate surface area is 67.8 Å². The predicted octanol–water partition coefficient (Wildman–Crippen LogP) is 2.16. The van der Waals surface area contributed by atoms with Gasteiger partial charge in [-0.25, -0.2) is 0 Å². The Morgan fingerprint density at radius 2 is 1.50 bits per heavy atom. The molecule has 0 fully saturated rings. The molecule has 0 aromatic carbocycles. The molecule has 2 nitrogen and oxygen atoms in total. The molecule has 0 aromatic rings. The minimum absolute atomic E-state index is 0.833. The van der Waals surface area contributed by atoms with E-state index in [-0.39, 0.29) is 0 Å². The molecule has 0 spiro atoms. The summed E-state index contributed by atoms with van der Waals surface area (Å²) in [4.78, 5) is 9.00. The summed E-state index contributed by atoms with van der Waals surface area (Å²) in [5.41, 5.74) is 0. The fourth-order valence-corrected chi connectivity index (χ4v) is 0. The number of hydrogen-bond acceptors (Lipinski definition) is 1. The first-order chi connectivity index (χ1) is 3.46. The van der Waals surface area contributed by atoms with Crippen LogP contribution in [0.2, 0.25) is 0 Å². The molecule has 0 aliphatic rings. The van der Waals surface area contributed by atoms with E-state index < -0.39 is 31.6 Å². The summed E-state index contributed by atoms with van der Waals surface area (Å²) < 4.78 is 0. The number of rotatable bonds is 0. The van der Waals surface area contributed by atoms with Crippen molar-refractivity contribution in [2.75, 3.05) is 0 Å². The summed E-state index contributed by atoms with van der Waals surface area (Å²) >= 11 is -2.31. The SMILES string of the molecule is CC(=O)O.[Cl][La]([Cl])[Cl]. The molecule has 0 aliphatic carbocycles. The monoisotopic (exact) mass is 304 g/mol. The Kier molecular flexibility index (Phi) is 13.1. The molecule has 1 N–H and O–H groups in total. The van der Waals surface area contributed by atoms with Gasteiger partial charge < -0.3 is 5.11 Å². The number of halogens is 3. The van der Waals surface area contributed by atoms with Crippen molar-refractivity contribution < 1.29 is 35.6 Å². The van der Waals surface area contributed by atoms with Crippen LogP contribution in [0.5, 0.6) is 0 Å². The van der Waals surface area contributed by atoms with Crippen molar-refractivity contribution in [3.05, 3.63) is 0 Å². The maximum absolute atomic E-state index is 9.00. The van der Waals surface area contributed by atoms with Crippen LogP contribution in [-0.2, 0) is 4.79 Å². The second kappa shape index (κ2) is 8.53. The van der Waals surface area contributed by atoms with Crippen LogP contribution in [0, 0.1) is 25.7 Å². The van der Waals surface area contributed by atoms with E-state index in [2.05, 4.69) is 0 Å². The molecule has 0 rings (SSSR count). The molecular weight excluding hydrogens is 301 g/mol. The van der Waals surface area contributed by atoms with Gasteiger partial charge in [0.2, 0.25) is 0 Å². The van der Waals surface area contributed by atoms with Crippen molar-refractivity contribution in [3.63, 3.8) is 0 Å². The zero-order valence-electron chi connectivity index (χ0n) is 4.07. The third-order valence-electron chi connectivity index (χ3n) is 0. The summed E-state index contributed by atoms with van der Waals surface area (Å²) in [6.07, 6.45) is 0. The van der Waals surface area contributed by atoms with Gasteiger partial charge in [0.05, 0.1) is 0 Å². The van der Waals surface area contributed by atoms with E-state index >= 15 is 0 Å². The van der Waals surface area contributed by atoms with Crippen LogP contribution in [0.15, 0.2) is 0 Å². The van der Waals surface area contributed by atoms with Crippen LogP contribution in [0.3, 0.4) is 0 Å². The van der Waals surface area contributed by atoms with Crippen LogP contribution < -0.4 is 0 Å². The van der Waals surface area contributed by atoms with E-state index in [1.165, 1.54) is 0 Å². The summed E-state index contributed by atoms with van der Waals surface area (Å²) in [6.45, 7) is 16.2. The minimum atomic E-state index is -2.31. The Hall–Kier alpha value is 1.53. The van der Waals surface area contributed by atoms with Crippen molar-refractivity contribution in [2.24, 2.45) is 0 Å². The number of carbonyl (C=O) groups is 1. The van der Waals surface area contributed by atoms with Gasteiger partial charge in [-0.15, -0.1) is 0 Å². The van der Waals surface area contributed by atoms with Gasteiger partial charge >= 0.3 is 46.0 Å². The van der Waals surface area contributed by atoms with E-state index in [1.54, 1.807) is 0 Å². The first-order valence-electron chi connectivity index (χ1n) is 1.58. The molecule has 48 valence electrons. The second-order valence-electron chi connectivity index (χ2n) is 0.766. The number of carboxylic acids is 1. The van der Waals surface area contributed by atoms with E-state index in [1.807, 2.05) is 0 Å². The van der Waals surface area contributed by atoms with Crippen LogP contribution in [0.1, 0.15) is 6.92 Å². The molecule has 0 heterocycles. The van der Waals surface area contributed by atoms with Gasteiger partial charge in [0.1, 0.15) is 0 Å². The van der Waals surface area contributed by atoms with Gasteiger partial charge in [0, 0.05) is 6.92 Å². The van der Waals surface area contributed by atoms with Crippen LogP contribution in [-0.4, -0.2) is 11.1 Å². The van der Waals surface area contributed by atoms with Crippen LogP contribution >= 0.6 is 20.4 Å². The second-order valence-corrected chi connectivity index (χ2v) is 16.7. The summed E-state index contributed by atoms with van der Waals surface area (Å²) in [5.74, 6) is -0.833. The predicted molar refractivity (Wildman–Crippen MR) is 30.9 cm³/mol. The normalized spacial score (nSPS) is 6.50. The van der Waals surface area contributed by atoms with Crippen molar-refractivity contribution >= 4 is 26.3 Å². The fraction of sp³-hybridized carbons (Fsp3) is 0.500. The fourth-order valence-electron chi connectivity index (χ4n) is 0. The molecule has 0 amide bonds. The molecule has 8 heavy (non-hydrogen) atoms. The number of carboxylic acid groups (broad SMARTS) is 1. The van der Waals surface area contributed by atoms with Gasteiger partial charge in [-0.05, 0) is 0 Å². The van der Waals surface area contributed by atoms with Gasteiger partial charge in [0.25, 0.3) is 5.97 Å². The van der Waals surface area contributed by atoms with Gasteiger partial charge in [-0.1, -0.05) is 0 Å². The van der Waals surface area contributed by atoms with Crippen molar-refractivity contribution in [3.8, 4) is 0 Å². The van der Waals surface area contributed by atoms with Gasteiger partial charge in [0.15, 0.2) is 0 Å². The quantitative estimate of drug-likeness (QED) is 0.745. The van der Waals surface area contributed by atoms with E-state index in [9.17, 15) is 0 Å². The average Bonchev–Trinajstić information content (AvgIpc) is 1.25. The first kappa shape index (κ1) is 12.2. The molecule has 0 unspecified atom stereocenters.